The Balaban J connectivity index is 1.36. The summed E-state index contributed by atoms with van der Waals surface area (Å²) in [6.07, 6.45) is 3.65. The number of urea groups is 1. The number of hydrogen-bond acceptors (Lipinski definition) is 6. The molecule has 166 valence electrons. The van der Waals surface area contributed by atoms with E-state index < -0.39 is 23.5 Å². The number of nitrogens with two attached hydrogens (primary N) is 1. The van der Waals surface area contributed by atoms with E-state index in [9.17, 15) is 18.0 Å². The first-order valence-corrected chi connectivity index (χ1v) is 9.42. The molecule has 2 aromatic heterocycles. The first-order chi connectivity index (χ1) is 15.9. The fraction of sp³-hybridized carbons (Fsp3) is 0. The van der Waals surface area contributed by atoms with Gasteiger partial charge in [0.05, 0.1) is 24.3 Å². The molecule has 11 heteroatoms. The summed E-state index contributed by atoms with van der Waals surface area (Å²) in [7, 11) is 0. The van der Waals surface area contributed by atoms with E-state index in [-0.39, 0.29) is 23.2 Å². The number of nitrogens with zero attached hydrogens (tertiary/aromatic N) is 3. The third-order valence-corrected chi connectivity index (χ3v) is 4.32. The molecule has 2 aromatic carbocycles. The van der Waals surface area contributed by atoms with Gasteiger partial charge < -0.3 is 21.1 Å². The van der Waals surface area contributed by atoms with Crippen molar-refractivity contribution in [2.75, 3.05) is 16.4 Å². The SMILES string of the molecule is Nc1ncc(F)cc1-c1ccc(Oc2ncc(NC(=O)Nc3ccc(F)c(F)c3)cn2)cc1. The molecule has 0 aliphatic rings. The first kappa shape index (κ1) is 21.6. The number of aromatic nitrogens is 3. The van der Waals surface area contributed by atoms with E-state index in [4.69, 9.17) is 10.5 Å². The second-order valence-electron chi connectivity index (χ2n) is 6.68. The molecule has 0 saturated carbocycles. The van der Waals surface area contributed by atoms with Crippen LogP contribution in [-0.4, -0.2) is 21.0 Å². The molecule has 0 bridgehead atoms. The first-order valence-electron chi connectivity index (χ1n) is 9.42. The average Bonchev–Trinajstić information content (AvgIpc) is 2.80. The zero-order valence-corrected chi connectivity index (χ0v) is 16.7. The van der Waals surface area contributed by atoms with Crippen LogP contribution in [0, 0.1) is 17.5 Å². The van der Waals surface area contributed by atoms with E-state index in [2.05, 4.69) is 25.6 Å². The van der Waals surface area contributed by atoms with Gasteiger partial charge in [0, 0.05) is 17.3 Å². The van der Waals surface area contributed by atoms with Crippen molar-refractivity contribution >= 4 is 23.2 Å². The molecule has 0 unspecified atom stereocenters. The maximum Gasteiger partial charge on any atom is 0.323 e. The quantitative estimate of drug-likeness (QED) is 0.394. The minimum Gasteiger partial charge on any atom is -0.424 e. The van der Waals surface area contributed by atoms with E-state index in [1.165, 1.54) is 24.5 Å². The highest BCUT2D eigenvalue weighted by atomic mass is 19.2. The fourth-order valence-corrected chi connectivity index (χ4v) is 2.79. The fourth-order valence-electron chi connectivity index (χ4n) is 2.79. The number of amides is 2. The van der Waals surface area contributed by atoms with Crippen LogP contribution in [0.3, 0.4) is 0 Å². The van der Waals surface area contributed by atoms with Crippen molar-refractivity contribution in [2.24, 2.45) is 0 Å². The van der Waals surface area contributed by atoms with Crippen LogP contribution in [0.2, 0.25) is 0 Å². The van der Waals surface area contributed by atoms with Crippen LogP contribution in [0.1, 0.15) is 0 Å². The summed E-state index contributed by atoms with van der Waals surface area (Å²) in [6.45, 7) is 0. The number of benzene rings is 2. The lowest BCUT2D eigenvalue weighted by Crippen LogP contribution is -2.19. The minimum absolute atomic E-state index is 0.0150. The predicted octanol–water partition coefficient (Wildman–Crippen LogP) is 4.97. The van der Waals surface area contributed by atoms with Gasteiger partial charge in [0.25, 0.3) is 0 Å². The Kier molecular flexibility index (Phi) is 6.02. The third-order valence-electron chi connectivity index (χ3n) is 4.32. The van der Waals surface area contributed by atoms with Crippen LogP contribution in [0.4, 0.5) is 35.2 Å². The summed E-state index contributed by atoms with van der Waals surface area (Å²) >= 11 is 0. The Labute approximate surface area is 185 Å². The van der Waals surface area contributed by atoms with Gasteiger partial charge in [-0.05, 0) is 35.9 Å². The highest BCUT2D eigenvalue weighted by molar-refractivity contribution is 5.99. The molecule has 8 nitrogen and oxygen atoms in total. The molecule has 4 rings (SSSR count). The van der Waals surface area contributed by atoms with Crippen molar-refractivity contribution in [1.29, 1.82) is 0 Å². The number of rotatable bonds is 5. The lowest BCUT2D eigenvalue weighted by atomic mass is 10.1. The summed E-state index contributed by atoms with van der Waals surface area (Å²) in [6, 6.07) is 10.2. The van der Waals surface area contributed by atoms with Crippen LogP contribution in [0.5, 0.6) is 11.8 Å². The second-order valence-corrected chi connectivity index (χ2v) is 6.68. The molecule has 0 fully saturated rings. The van der Waals surface area contributed by atoms with Crippen molar-refractivity contribution in [2.45, 2.75) is 0 Å². The summed E-state index contributed by atoms with van der Waals surface area (Å²) in [4.78, 5) is 23.8. The summed E-state index contributed by atoms with van der Waals surface area (Å²) in [5.41, 5.74) is 7.22. The molecule has 33 heavy (non-hydrogen) atoms. The van der Waals surface area contributed by atoms with E-state index in [0.29, 0.717) is 16.9 Å². The molecular formula is C22H15F3N6O2. The smallest absolute Gasteiger partial charge is 0.323 e. The number of halogens is 3. The van der Waals surface area contributed by atoms with Crippen molar-refractivity contribution in [3.63, 3.8) is 0 Å². The van der Waals surface area contributed by atoms with Gasteiger partial charge in [0.1, 0.15) is 17.4 Å². The maximum atomic E-state index is 13.4. The van der Waals surface area contributed by atoms with Crippen LogP contribution in [0.25, 0.3) is 11.1 Å². The van der Waals surface area contributed by atoms with Crippen molar-refractivity contribution in [3.8, 4) is 22.9 Å². The topological polar surface area (TPSA) is 115 Å². The molecule has 4 N–H and O–H groups in total. The van der Waals surface area contributed by atoms with Crippen LogP contribution >= 0.6 is 0 Å². The zero-order chi connectivity index (χ0) is 23.4. The molecule has 0 atom stereocenters. The van der Waals surface area contributed by atoms with Crippen molar-refractivity contribution in [3.05, 3.63) is 84.6 Å². The number of nitrogen functional groups attached to an aromatic ring is 1. The van der Waals surface area contributed by atoms with Crippen molar-refractivity contribution in [1.82, 2.24) is 15.0 Å². The molecule has 2 amide bonds. The monoisotopic (exact) mass is 452 g/mol. The normalized spacial score (nSPS) is 10.5. The molecule has 0 radical (unpaired) electrons. The van der Waals surface area contributed by atoms with Gasteiger partial charge in [-0.2, -0.15) is 0 Å². The van der Waals surface area contributed by atoms with Crippen LogP contribution in [0.15, 0.2) is 67.1 Å². The predicted molar refractivity (Wildman–Crippen MR) is 115 cm³/mol. The van der Waals surface area contributed by atoms with Gasteiger partial charge in [0.15, 0.2) is 11.6 Å². The Bertz CT molecular complexity index is 1300. The number of anilines is 3. The molecule has 2 heterocycles. The summed E-state index contributed by atoms with van der Waals surface area (Å²) in [5.74, 6) is -1.99. The van der Waals surface area contributed by atoms with Gasteiger partial charge in [-0.3, -0.25) is 0 Å². The van der Waals surface area contributed by atoms with E-state index in [1.54, 1.807) is 24.3 Å². The molecular weight excluding hydrogens is 437 g/mol. The van der Waals surface area contributed by atoms with Gasteiger partial charge >= 0.3 is 12.0 Å². The molecule has 0 aliphatic heterocycles. The number of ether oxygens (including phenoxy) is 1. The largest absolute Gasteiger partial charge is 0.424 e. The number of pyridine rings is 1. The Hall–Kier alpha value is -4.67. The molecule has 4 aromatic rings. The number of carbonyl (C=O) groups is 1. The van der Waals surface area contributed by atoms with Gasteiger partial charge in [0.2, 0.25) is 0 Å². The molecule has 0 spiro atoms. The van der Waals surface area contributed by atoms with Gasteiger partial charge in [-0.1, -0.05) is 12.1 Å². The number of hydrogen-bond donors (Lipinski definition) is 3. The maximum absolute atomic E-state index is 13.4. The lowest BCUT2D eigenvalue weighted by molar-refractivity contribution is 0.262. The van der Waals surface area contributed by atoms with Gasteiger partial charge in [-0.15, -0.1) is 0 Å². The molecule has 0 saturated heterocycles. The Morgan fingerprint density at radius 2 is 1.52 bits per heavy atom. The molecule has 0 aliphatic carbocycles. The highest BCUT2D eigenvalue weighted by Gasteiger charge is 2.09. The second kappa shape index (κ2) is 9.22. The van der Waals surface area contributed by atoms with Crippen LogP contribution in [-0.2, 0) is 0 Å². The van der Waals surface area contributed by atoms with Gasteiger partial charge in [-0.25, -0.2) is 32.9 Å². The van der Waals surface area contributed by atoms with Crippen molar-refractivity contribution < 1.29 is 22.7 Å². The highest BCUT2D eigenvalue weighted by Crippen LogP contribution is 2.28. The Morgan fingerprint density at radius 1 is 0.818 bits per heavy atom. The van der Waals surface area contributed by atoms with Crippen LogP contribution < -0.4 is 21.1 Å². The average molecular weight is 452 g/mol. The van der Waals surface area contributed by atoms with E-state index in [1.807, 2.05) is 0 Å². The standard InChI is InChI=1S/C22H15F3N6O2/c23-13-7-17(20(26)27-9-13)12-1-4-16(5-2-12)33-22-28-10-15(11-29-22)31-21(32)30-14-3-6-18(24)19(25)8-14/h1-11H,(H2,26,27)(H2,30,31,32). The van der Waals surface area contributed by atoms with E-state index in [0.717, 1.165) is 18.3 Å². The van der Waals surface area contributed by atoms with E-state index >= 15 is 0 Å². The zero-order valence-electron chi connectivity index (χ0n) is 16.7. The Morgan fingerprint density at radius 3 is 2.21 bits per heavy atom. The third kappa shape index (κ3) is 5.34. The number of nitrogens with one attached hydrogen (secondary N) is 2. The lowest BCUT2D eigenvalue weighted by Gasteiger charge is -2.09. The minimum atomic E-state index is -1.08. The number of carbonyl (C=O) groups excluding carboxylic acids is 1. The summed E-state index contributed by atoms with van der Waals surface area (Å²) in [5, 5.41) is 4.81. The summed E-state index contributed by atoms with van der Waals surface area (Å²) < 4.78 is 45.2.